The number of hydrogen-bond donors (Lipinski definition) is 3. The molecule has 0 unspecified atom stereocenters. The Hall–Kier alpha value is -3.68. The summed E-state index contributed by atoms with van der Waals surface area (Å²) in [5, 5.41) is 14.2. The molecule has 4 rings (SSSR count). The largest absolute Gasteiger partial charge is 0.471 e. The molecule has 1 amide bonds. The van der Waals surface area contributed by atoms with E-state index in [2.05, 4.69) is 20.6 Å². The quantitative estimate of drug-likeness (QED) is 0.478. The van der Waals surface area contributed by atoms with Crippen molar-refractivity contribution in [1.29, 1.82) is 0 Å². The maximum atomic E-state index is 10.6. The molecule has 0 aliphatic heterocycles. The number of anilines is 1. The van der Waals surface area contributed by atoms with E-state index in [1.54, 1.807) is 12.4 Å². The summed E-state index contributed by atoms with van der Waals surface area (Å²) in [6, 6.07) is 9.76. The predicted octanol–water partition coefficient (Wildman–Crippen LogP) is 3.68. The van der Waals surface area contributed by atoms with E-state index in [9.17, 15) is 4.79 Å². The van der Waals surface area contributed by atoms with Gasteiger partial charge < -0.3 is 20.5 Å². The molecule has 0 radical (unpaired) electrons. The second-order valence-corrected chi connectivity index (χ2v) is 7.37. The Labute approximate surface area is 180 Å². The number of carboxylic acid groups (broad SMARTS) is 1. The molecule has 0 aromatic carbocycles. The van der Waals surface area contributed by atoms with Crippen molar-refractivity contribution >= 4 is 11.8 Å². The molecule has 3 aromatic rings. The Morgan fingerprint density at radius 3 is 2.87 bits per heavy atom. The van der Waals surface area contributed by atoms with Crippen molar-refractivity contribution in [1.82, 2.24) is 20.3 Å². The smallest absolute Gasteiger partial charge is 0.404 e. The molecule has 3 aromatic heterocycles. The first-order valence-electron chi connectivity index (χ1n) is 10.4. The fraction of sp³-hybridized carbons (Fsp3) is 0.304. The van der Waals surface area contributed by atoms with Crippen LogP contribution >= 0.6 is 0 Å². The number of rotatable bonds is 8. The van der Waals surface area contributed by atoms with Gasteiger partial charge >= 0.3 is 6.09 Å². The molecule has 0 saturated heterocycles. The maximum absolute atomic E-state index is 10.6. The summed E-state index contributed by atoms with van der Waals surface area (Å²) in [5.74, 6) is 0.588. The zero-order valence-electron chi connectivity index (χ0n) is 17.2. The van der Waals surface area contributed by atoms with Crippen LogP contribution in [0.3, 0.4) is 0 Å². The second-order valence-electron chi connectivity index (χ2n) is 7.37. The molecule has 1 aliphatic rings. The van der Waals surface area contributed by atoms with Gasteiger partial charge in [-0.2, -0.15) is 0 Å². The van der Waals surface area contributed by atoms with Gasteiger partial charge in [-0.15, -0.1) is 0 Å². The van der Waals surface area contributed by atoms with Gasteiger partial charge in [0.1, 0.15) is 6.61 Å². The van der Waals surface area contributed by atoms with Gasteiger partial charge in [-0.25, -0.2) is 9.78 Å². The van der Waals surface area contributed by atoms with Crippen LogP contribution in [0.15, 0.2) is 48.9 Å². The van der Waals surface area contributed by atoms with E-state index in [4.69, 9.17) is 14.8 Å². The molecule has 0 atom stereocenters. The van der Waals surface area contributed by atoms with Crippen LogP contribution in [0.4, 0.5) is 10.5 Å². The fourth-order valence-corrected chi connectivity index (χ4v) is 3.70. The molecule has 31 heavy (non-hydrogen) atoms. The molecule has 0 saturated carbocycles. The van der Waals surface area contributed by atoms with E-state index in [0.29, 0.717) is 25.6 Å². The van der Waals surface area contributed by atoms with Crippen molar-refractivity contribution in [3.63, 3.8) is 0 Å². The molecule has 8 heteroatoms. The highest BCUT2D eigenvalue weighted by Gasteiger charge is 2.18. The summed E-state index contributed by atoms with van der Waals surface area (Å²) in [7, 11) is 0. The topological polar surface area (TPSA) is 109 Å². The van der Waals surface area contributed by atoms with E-state index in [0.717, 1.165) is 53.9 Å². The zero-order valence-corrected chi connectivity index (χ0v) is 17.2. The van der Waals surface area contributed by atoms with E-state index in [1.165, 1.54) is 5.56 Å². The number of nitrogens with one attached hydrogen (secondary N) is 2. The highest BCUT2D eigenvalue weighted by atomic mass is 16.5. The highest BCUT2D eigenvalue weighted by Crippen LogP contribution is 2.34. The third kappa shape index (κ3) is 5.48. The van der Waals surface area contributed by atoms with Gasteiger partial charge in [-0.05, 0) is 55.0 Å². The van der Waals surface area contributed by atoms with E-state index < -0.39 is 6.09 Å². The van der Waals surface area contributed by atoms with Crippen molar-refractivity contribution in [3.05, 3.63) is 65.9 Å². The summed E-state index contributed by atoms with van der Waals surface area (Å²) < 4.78 is 5.98. The molecular weight excluding hydrogens is 394 g/mol. The first-order chi connectivity index (χ1) is 15.2. The monoisotopic (exact) mass is 419 g/mol. The van der Waals surface area contributed by atoms with Gasteiger partial charge in [0.05, 0.1) is 11.4 Å². The van der Waals surface area contributed by atoms with Gasteiger partial charge in [0.25, 0.3) is 0 Å². The normalized spacial score (nSPS) is 12.6. The van der Waals surface area contributed by atoms with Crippen molar-refractivity contribution in [3.8, 4) is 17.0 Å². The highest BCUT2D eigenvalue weighted by molar-refractivity contribution is 5.72. The Bertz CT molecular complexity index is 1040. The average molecular weight is 419 g/mol. The third-order valence-corrected chi connectivity index (χ3v) is 5.15. The lowest BCUT2D eigenvalue weighted by Gasteiger charge is -2.20. The lowest BCUT2D eigenvalue weighted by Crippen LogP contribution is -2.26. The van der Waals surface area contributed by atoms with Crippen LogP contribution in [0.25, 0.3) is 11.1 Å². The number of pyridine rings is 3. The molecule has 0 fully saturated rings. The van der Waals surface area contributed by atoms with Crippen LogP contribution in [0.1, 0.15) is 29.8 Å². The summed E-state index contributed by atoms with van der Waals surface area (Å²) in [4.78, 5) is 24.0. The lowest BCUT2D eigenvalue weighted by molar-refractivity contribution is 0.195. The number of ether oxygens (including phenoxy) is 1. The number of aromatic nitrogens is 3. The minimum atomic E-state index is -1.03. The summed E-state index contributed by atoms with van der Waals surface area (Å²) in [6.45, 7) is 1.16. The van der Waals surface area contributed by atoms with Crippen molar-refractivity contribution in [2.24, 2.45) is 0 Å². The van der Waals surface area contributed by atoms with Crippen LogP contribution in [0.5, 0.6) is 5.88 Å². The number of hydrogen-bond acceptors (Lipinski definition) is 6. The SMILES string of the molecule is O=C(O)NCCNc1cncc(-c2cc(OCc3ccccn3)nc3c2CCCC3)c1. The van der Waals surface area contributed by atoms with Crippen molar-refractivity contribution in [2.75, 3.05) is 18.4 Å². The fourth-order valence-electron chi connectivity index (χ4n) is 3.70. The van der Waals surface area contributed by atoms with E-state index >= 15 is 0 Å². The number of carbonyl (C=O) groups is 1. The minimum absolute atomic E-state index is 0.315. The van der Waals surface area contributed by atoms with Gasteiger partial charge in [-0.3, -0.25) is 9.97 Å². The third-order valence-electron chi connectivity index (χ3n) is 5.15. The van der Waals surface area contributed by atoms with Crippen molar-refractivity contribution in [2.45, 2.75) is 32.3 Å². The van der Waals surface area contributed by atoms with Gasteiger partial charge in [0.15, 0.2) is 0 Å². The first kappa shape index (κ1) is 20.6. The summed E-state index contributed by atoms with van der Waals surface area (Å²) in [5.41, 5.74) is 6.10. The number of aryl methyl sites for hydroxylation is 1. The number of amides is 1. The molecule has 3 heterocycles. The number of nitrogens with zero attached hydrogens (tertiary/aromatic N) is 3. The van der Waals surface area contributed by atoms with Crippen LogP contribution in [0.2, 0.25) is 0 Å². The van der Waals surface area contributed by atoms with Crippen molar-refractivity contribution < 1.29 is 14.6 Å². The Kier molecular flexibility index (Phi) is 6.56. The molecule has 8 nitrogen and oxygen atoms in total. The molecule has 0 bridgehead atoms. The number of fused-ring (bicyclic) bond motifs is 1. The van der Waals surface area contributed by atoms with Gasteiger partial charge in [0, 0.05) is 49.0 Å². The van der Waals surface area contributed by atoms with Gasteiger partial charge in [-0.1, -0.05) is 6.07 Å². The molecule has 160 valence electrons. The van der Waals surface area contributed by atoms with Crippen LogP contribution < -0.4 is 15.4 Å². The van der Waals surface area contributed by atoms with Crippen LogP contribution in [-0.4, -0.2) is 39.2 Å². The van der Waals surface area contributed by atoms with E-state index in [1.807, 2.05) is 36.5 Å². The maximum Gasteiger partial charge on any atom is 0.404 e. The predicted molar refractivity (Wildman–Crippen MR) is 117 cm³/mol. The Morgan fingerprint density at radius 2 is 2.03 bits per heavy atom. The second kappa shape index (κ2) is 9.88. The molecular formula is C23H25N5O3. The summed E-state index contributed by atoms with van der Waals surface area (Å²) in [6.07, 6.45) is 8.48. The van der Waals surface area contributed by atoms with Crippen LogP contribution in [-0.2, 0) is 19.4 Å². The molecule has 0 spiro atoms. The zero-order chi connectivity index (χ0) is 21.5. The average Bonchev–Trinajstić information content (AvgIpc) is 2.81. The lowest BCUT2D eigenvalue weighted by atomic mass is 9.89. The Balaban J connectivity index is 1.56. The van der Waals surface area contributed by atoms with E-state index in [-0.39, 0.29) is 0 Å². The van der Waals surface area contributed by atoms with Gasteiger partial charge in [0.2, 0.25) is 5.88 Å². The van der Waals surface area contributed by atoms with Crippen LogP contribution in [0, 0.1) is 0 Å². The summed E-state index contributed by atoms with van der Waals surface area (Å²) >= 11 is 0. The molecule has 1 aliphatic carbocycles. The standard InChI is InChI=1S/C23H25N5O3/c29-23(30)27-10-9-26-18-11-16(13-24-14-18)20-12-22(28-21-7-2-1-6-19(20)21)31-15-17-5-3-4-8-25-17/h3-5,8,11-14,26-27H,1-2,6-7,9-10,15H2,(H,29,30). The first-order valence-corrected chi connectivity index (χ1v) is 10.4. The Morgan fingerprint density at radius 1 is 1.13 bits per heavy atom. The minimum Gasteiger partial charge on any atom is -0.471 e. The molecule has 3 N–H and O–H groups in total.